The number of imidazole rings is 1. The van der Waals surface area contributed by atoms with Crippen LogP contribution >= 0.6 is 0 Å². The summed E-state index contributed by atoms with van der Waals surface area (Å²) in [5, 5.41) is 6.53. The van der Waals surface area contributed by atoms with Crippen molar-refractivity contribution in [2.75, 3.05) is 6.54 Å². The Kier molecular flexibility index (Phi) is 4.60. The molecule has 156 valence electrons. The molecule has 4 saturated carbocycles. The van der Waals surface area contributed by atoms with E-state index in [0.717, 1.165) is 42.1 Å². The summed E-state index contributed by atoms with van der Waals surface area (Å²) in [6.45, 7) is 7.93. The van der Waals surface area contributed by atoms with Crippen LogP contribution in [0.15, 0.2) is 12.1 Å². The summed E-state index contributed by atoms with van der Waals surface area (Å²) in [5.74, 6) is 3.60. The predicted molar refractivity (Wildman–Crippen MR) is 116 cm³/mol. The number of amides is 2. The lowest BCUT2D eigenvalue weighted by molar-refractivity contribution is -0.0135. The number of nitrogens with one attached hydrogen (secondary N) is 2. The van der Waals surface area contributed by atoms with E-state index < -0.39 is 0 Å². The molecule has 5 heteroatoms. The number of benzene rings is 1. The summed E-state index contributed by atoms with van der Waals surface area (Å²) in [6.07, 6.45) is 8.72. The van der Waals surface area contributed by atoms with Crippen LogP contribution in [0, 0.1) is 38.5 Å². The van der Waals surface area contributed by atoms with Crippen LogP contribution in [0.5, 0.6) is 0 Å². The first-order valence-electron chi connectivity index (χ1n) is 11.4. The normalized spacial score (nSPS) is 30.1. The number of aromatic nitrogens is 2. The summed E-state index contributed by atoms with van der Waals surface area (Å²) in [5.41, 5.74) is 4.93. The maximum Gasteiger partial charge on any atom is 0.315 e. The Labute approximate surface area is 173 Å². The zero-order valence-corrected chi connectivity index (χ0v) is 18.1. The lowest BCUT2D eigenvalue weighted by Gasteiger charge is -2.56. The molecule has 0 saturated heterocycles. The molecule has 4 fully saturated rings. The highest BCUT2D eigenvalue weighted by Crippen LogP contribution is 2.55. The van der Waals surface area contributed by atoms with Gasteiger partial charge in [-0.3, -0.25) is 0 Å². The third-order valence-electron chi connectivity index (χ3n) is 7.82. The van der Waals surface area contributed by atoms with Crippen LogP contribution in [0.2, 0.25) is 0 Å². The summed E-state index contributed by atoms with van der Waals surface area (Å²) >= 11 is 0. The quantitative estimate of drug-likeness (QED) is 0.727. The standard InChI is InChI=1S/C24H34N4O/c1-15-7-21-22(8-16(15)2)28(17(3)26-21)6-4-5-25-23(29)27-24-12-18-9-19(13-24)11-20(10-18)14-24/h7-8,18-20H,4-6,9-14H2,1-3H3,(H2,25,27,29). The summed E-state index contributed by atoms with van der Waals surface area (Å²) in [4.78, 5) is 17.3. The van der Waals surface area contributed by atoms with Gasteiger partial charge in [0.1, 0.15) is 5.82 Å². The van der Waals surface area contributed by atoms with E-state index in [1.165, 1.54) is 55.2 Å². The number of carbonyl (C=O) groups is 1. The van der Waals surface area contributed by atoms with Gasteiger partial charge in [0.2, 0.25) is 0 Å². The number of nitrogens with zero attached hydrogens (tertiary/aromatic N) is 2. The van der Waals surface area contributed by atoms with E-state index in [1.54, 1.807) is 0 Å². The molecule has 1 aromatic carbocycles. The van der Waals surface area contributed by atoms with Gasteiger partial charge in [0, 0.05) is 18.6 Å². The van der Waals surface area contributed by atoms with Gasteiger partial charge < -0.3 is 15.2 Å². The fraction of sp³-hybridized carbons (Fsp3) is 0.667. The van der Waals surface area contributed by atoms with E-state index in [1.807, 2.05) is 0 Å². The Morgan fingerprint density at radius 2 is 1.69 bits per heavy atom. The topological polar surface area (TPSA) is 59.0 Å². The number of hydrogen-bond acceptors (Lipinski definition) is 2. The molecule has 4 bridgehead atoms. The maximum absolute atomic E-state index is 12.6. The SMILES string of the molecule is Cc1cc2nc(C)n(CCCNC(=O)NC34CC5CC(CC(C5)C3)C4)c2cc1C. The molecule has 4 aliphatic carbocycles. The molecule has 1 heterocycles. The Balaban J connectivity index is 1.15. The van der Waals surface area contributed by atoms with E-state index in [4.69, 9.17) is 4.98 Å². The number of carbonyl (C=O) groups excluding carboxylic acids is 1. The van der Waals surface area contributed by atoms with Crippen molar-refractivity contribution in [2.45, 2.75) is 77.8 Å². The van der Waals surface area contributed by atoms with Crippen molar-refractivity contribution in [3.05, 3.63) is 29.1 Å². The van der Waals surface area contributed by atoms with Gasteiger partial charge in [-0.25, -0.2) is 9.78 Å². The van der Waals surface area contributed by atoms with Gasteiger partial charge in [0.05, 0.1) is 11.0 Å². The van der Waals surface area contributed by atoms with Gasteiger partial charge in [-0.05, 0) is 107 Å². The maximum atomic E-state index is 12.6. The highest BCUT2D eigenvalue weighted by molar-refractivity contribution is 5.78. The molecule has 0 unspecified atom stereocenters. The van der Waals surface area contributed by atoms with Crippen molar-refractivity contribution >= 4 is 17.1 Å². The van der Waals surface area contributed by atoms with E-state index >= 15 is 0 Å². The predicted octanol–water partition coefficient (Wildman–Crippen LogP) is 4.62. The van der Waals surface area contributed by atoms with Crippen LogP contribution in [0.1, 0.15) is 61.9 Å². The minimum atomic E-state index is 0.0330. The second-order valence-corrected chi connectivity index (χ2v) is 10.2. The zero-order chi connectivity index (χ0) is 20.2. The first-order valence-corrected chi connectivity index (χ1v) is 11.4. The van der Waals surface area contributed by atoms with Gasteiger partial charge in [-0.2, -0.15) is 0 Å². The Morgan fingerprint density at radius 1 is 1.07 bits per heavy atom. The minimum Gasteiger partial charge on any atom is -0.338 e. The monoisotopic (exact) mass is 394 g/mol. The van der Waals surface area contributed by atoms with Gasteiger partial charge in [0.15, 0.2) is 0 Å². The summed E-state index contributed by atoms with van der Waals surface area (Å²) < 4.78 is 2.28. The number of rotatable bonds is 5. The molecular weight excluding hydrogens is 360 g/mol. The summed E-state index contributed by atoms with van der Waals surface area (Å²) in [6, 6.07) is 4.44. The van der Waals surface area contributed by atoms with E-state index in [9.17, 15) is 4.79 Å². The van der Waals surface area contributed by atoms with Crippen molar-refractivity contribution < 1.29 is 4.79 Å². The highest BCUT2D eigenvalue weighted by Gasteiger charge is 2.51. The molecule has 0 spiro atoms. The molecule has 0 radical (unpaired) electrons. The van der Waals surface area contributed by atoms with Crippen molar-refractivity contribution in [2.24, 2.45) is 17.8 Å². The molecule has 5 nitrogen and oxygen atoms in total. The smallest absolute Gasteiger partial charge is 0.315 e. The molecule has 2 amide bonds. The fourth-order valence-corrected chi connectivity index (χ4v) is 6.77. The molecule has 4 aliphatic rings. The van der Waals surface area contributed by atoms with Crippen molar-refractivity contribution in [3.8, 4) is 0 Å². The number of urea groups is 1. The zero-order valence-electron chi connectivity index (χ0n) is 18.1. The second kappa shape index (κ2) is 7.03. The minimum absolute atomic E-state index is 0.0330. The molecule has 0 atom stereocenters. The Hall–Kier alpha value is -2.04. The Morgan fingerprint density at radius 3 is 2.34 bits per heavy atom. The first kappa shape index (κ1) is 19.0. The third kappa shape index (κ3) is 3.53. The average molecular weight is 395 g/mol. The van der Waals surface area contributed by atoms with Crippen LogP contribution in [0.4, 0.5) is 4.79 Å². The van der Waals surface area contributed by atoms with Crippen LogP contribution in [0.3, 0.4) is 0 Å². The number of aryl methyl sites for hydroxylation is 4. The van der Waals surface area contributed by atoms with Crippen molar-refractivity contribution in [1.29, 1.82) is 0 Å². The highest BCUT2D eigenvalue weighted by atomic mass is 16.2. The van der Waals surface area contributed by atoms with E-state index in [-0.39, 0.29) is 11.6 Å². The second-order valence-electron chi connectivity index (χ2n) is 10.2. The average Bonchev–Trinajstić information content (AvgIpc) is 2.92. The van der Waals surface area contributed by atoms with Gasteiger partial charge in [-0.15, -0.1) is 0 Å². The molecule has 2 aromatic rings. The molecule has 6 rings (SSSR count). The first-order chi connectivity index (χ1) is 13.9. The van der Waals surface area contributed by atoms with Crippen molar-refractivity contribution in [1.82, 2.24) is 20.2 Å². The lowest BCUT2D eigenvalue weighted by Crippen LogP contribution is -2.61. The van der Waals surface area contributed by atoms with Crippen LogP contribution in [0.25, 0.3) is 11.0 Å². The molecule has 1 aromatic heterocycles. The molecule has 29 heavy (non-hydrogen) atoms. The van der Waals surface area contributed by atoms with Crippen LogP contribution in [-0.2, 0) is 6.54 Å². The third-order valence-corrected chi connectivity index (χ3v) is 7.82. The van der Waals surface area contributed by atoms with Crippen molar-refractivity contribution in [3.63, 3.8) is 0 Å². The molecule has 2 N–H and O–H groups in total. The van der Waals surface area contributed by atoms with Gasteiger partial charge >= 0.3 is 6.03 Å². The largest absolute Gasteiger partial charge is 0.338 e. The summed E-state index contributed by atoms with van der Waals surface area (Å²) in [7, 11) is 0. The van der Waals surface area contributed by atoms with E-state index in [0.29, 0.717) is 6.54 Å². The van der Waals surface area contributed by atoms with Crippen LogP contribution in [-0.4, -0.2) is 27.7 Å². The van der Waals surface area contributed by atoms with Gasteiger partial charge in [0.25, 0.3) is 0 Å². The number of hydrogen-bond donors (Lipinski definition) is 2. The fourth-order valence-electron chi connectivity index (χ4n) is 6.77. The molecule has 0 aliphatic heterocycles. The Bertz CT molecular complexity index is 909. The van der Waals surface area contributed by atoms with Gasteiger partial charge in [-0.1, -0.05) is 0 Å². The lowest BCUT2D eigenvalue weighted by atomic mass is 9.53. The van der Waals surface area contributed by atoms with E-state index in [2.05, 4.69) is 48.1 Å². The molecular formula is C24H34N4O. The van der Waals surface area contributed by atoms with Crippen LogP contribution < -0.4 is 10.6 Å². The number of fused-ring (bicyclic) bond motifs is 1.